The highest BCUT2D eigenvalue weighted by atomic mass is 32.1. The van der Waals surface area contributed by atoms with Gasteiger partial charge in [0.15, 0.2) is 5.13 Å². The second-order valence-corrected chi connectivity index (χ2v) is 7.73. The maximum absolute atomic E-state index is 12.6. The van der Waals surface area contributed by atoms with Crippen LogP contribution in [0.5, 0.6) is 0 Å². The minimum atomic E-state index is -0.387. The first-order chi connectivity index (χ1) is 14.1. The Bertz CT molecular complexity index is 1050. The van der Waals surface area contributed by atoms with Crippen LogP contribution in [0.4, 0.5) is 9.93 Å². The van der Waals surface area contributed by atoms with E-state index >= 15 is 0 Å². The number of anilines is 1. The van der Waals surface area contributed by atoms with Crippen LogP contribution in [0.2, 0.25) is 0 Å². The Balaban J connectivity index is 1.42. The van der Waals surface area contributed by atoms with Crippen LogP contribution in [0.25, 0.3) is 10.2 Å². The molecule has 29 heavy (non-hydrogen) atoms. The van der Waals surface area contributed by atoms with Crippen molar-refractivity contribution in [1.82, 2.24) is 15.2 Å². The van der Waals surface area contributed by atoms with Crippen LogP contribution < -0.4 is 10.6 Å². The number of amides is 3. The molecule has 0 saturated carbocycles. The molecule has 9 heteroatoms. The number of ether oxygens (including phenoxy) is 1. The molecule has 8 nitrogen and oxygen atoms in total. The van der Waals surface area contributed by atoms with Gasteiger partial charge in [0, 0.05) is 30.6 Å². The lowest BCUT2D eigenvalue weighted by atomic mass is 10.0. The van der Waals surface area contributed by atoms with Crippen molar-refractivity contribution in [3.63, 3.8) is 0 Å². The molecule has 2 N–H and O–H groups in total. The van der Waals surface area contributed by atoms with Gasteiger partial charge in [0.25, 0.3) is 5.91 Å². The van der Waals surface area contributed by atoms with Gasteiger partial charge >= 0.3 is 6.03 Å². The zero-order valence-corrected chi connectivity index (χ0v) is 16.4. The molecule has 1 aliphatic heterocycles. The molecule has 1 saturated heterocycles. The fourth-order valence-corrected chi connectivity index (χ4v) is 4.12. The van der Waals surface area contributed by atoms with E-state index in [1.165, 1.54) is 11.3 Å². The van der Waals surface area contributed by atoms with Gasteiger partial charge in [0.05, 0.1) is 35.5 Å². The number of thiazole rings is 1. The lowest BCUT2D eigenvalue weighted by Crippen LogP contribution is -2.40. The highest BCUT2D eigenvalue weighted by Crippen LogP contribution is 2.27. The molecular weight excluding hydrogens is 390 g/mol. The Morgan fingerprint density at radius 2 is 2.14 bits per heavy atom. The van der Waals surface area contributed by atoms with E-state index in [-0.39, 0.29) is 18.0 Å². The number of urea groups is 1. The normalized spacial score (nSPS) is 18.8. The smallest absolute Gasteiger partial charge is 0.321 e. The van der Waals surface area contributed by atoms with Crippen molar-refractivity contribution in [1.29, 1.82) is 5.26 Å². The quantitative estimate of drug-likeness (QED) is 0.810. The Kier molecular flexibility index (Phi) is 5.55. The van der Waals surface area contributed by atoms with E-state index in [1.54, 1.807) is 29.2 Å². The number of nitriles is 1. The van der Waals surface area contributed by atoms with Crippen molar-refractivity contribution in [2.75, 3.05) is 31.6 Å². The van der Waals surface area contributed by atoms with Crippen molar-refractivity contribution in [3.05, 3.63) is 47.6 Å². The maximum Gasteiger partial charge on any atom is 0.321 e. The first kappa shape index (κ1) is 19.1. The molecule has 1 fully saturated rings. The van der Waals surface area contributed by atoms with E-state index in [4.69, 9.17) is 10.00 Å². The monoisotopic (exact) mass is 409 g/mol. The Hall–Kier alpha value is -3.22. The molecular formula is C20H19N5O3S. The van der Waals surface area contributed by atoms with E-state index in [0.29, 0.717) is 49.0 Å². The zero-order chi connectivity index (χ0) is 20.2. The zero-order valence-electron chi connectivity index (χ0n) is 15.6. The predicted octanol–water partition coefficient (Wildman–Crippen LogP) is 2.67. The third-order valence-corrected chi connectivity index (χ3v) is 5.63. The van der Waals surface area contributed by atoms with Gasteiger partial charge in [0.1, 0.15) is 0 Å². The van der Waals surface area contributed by atoms with Gasteiger partial charge in [0.2, 0.25) is 0 Å². The Morgan fingerprint density at radius 1 is 1.31 bits per heavy atom. The Morgan fingerprint density at radius 3 is 2.93 bits per heavy atom. The summed E-state index contributed by atoms with van der Waals surface area (Å²) in [6.45, 7) is 2.29. The Labute approximate surface area is 171 Å². The summed E-state index contributed by atoms with van der Waals surface area (Å²) >= 11 is 1.31. The highest BCUT2D eigenvalue weighted by molar-refractivity contribution is 7.22. The molecule has 1 aromatic carbocycles. The summed E-state index contributed by atoms with van der Waals surface area (Å²) in [7, 11) is 0. The molecule has 0 radical (unpaired) electrons. The largest absolute Gasteiger partial charge is 0.378 e. The summed E-state index contributed by atoms with van der Waals surface area (Å²) in [5.41, 5.74) is 1.94. The molecule has 148 valence electrons. The first-order valence-electron chi connectivity index (χ1n) is 9.25. The summed E-state index contributed by atoms with van der Waals surface area (Å²) in [6.07, 6.45) is 5.80. The van der Waals surface area contributed by atoms with Crippen LogP contribution in [0.15, 0.2) is 42.0 Å². The van der Waals surface area contributed by atoms with E-state index in [2.05, 4.69) is 21.7 Å². The van der Waals surface area contributed by atoms with Gasteiger partial charge in [-0.3, -0.25) is 10.1 Å². The minimum absolute atomic E-state index is 0.0266. The summed E-state index contributed by atoms with van der Waals surface area (Å²) in [5, 5.41) is 15.0. The van der Waals surface area contributed by atoms with Crippen LogP contribution in [0, 0.1) is 11.3 Å². The number of benzene rings is 1. The first-order valence-corrected chi connectivity index (χ1v) is 10.1. The summed E-state index contributed by atoms with van der Waals surface area (Å²) < 4.78 is 6.12. The highest BCUT2D eigenvalue weighted by Gasteiger charge is 2.20. The van der Waals surface area contributed by atoms with Crippen molar-refractivity contribution < 1.29 is 14.3 Å². The van der Waals surface area contributed by atoms with Gasteiger partial charge in [-0.05, 0) is 24.3 Å². The van der Waals surface area contributed by atoms with Crippen molar-refractivity contribution in [2.24, 2.45) is 0 Å². The number of allylic oxidation sites excluding steroid dienone is 2. The molecule has 2 aromatic rings. The number of nitrogens with zero attached hydrogens (tertiary/aromatic N) is 3. The van der Waals surface area contributed by atoms with E-state index in [1.807, 2.05) is 12.1 Å². The second-order valence-electron chi connectivity index (χ2n) is 6.70. The molecule has 1 unspecified atom stereocenters. The number of hydrogen-bond donors (Lipinski definition) is 2. The average molecular weight is 409 g/mol. The summed E-state index contributed by atoms with van der Waals surface area (Å²) in [5.74, 6) is -0.0266. The molecule has 0 spiro atoms. The molecule has 1 atom stereocenters. The number of morpholine rings is 1. The number of carbonyl (C=O) groups excluding carboxylic acids is 2. The van der Waals surface area contributed by atoms with E-state index < -0.39 is 0 Å². The molecule has 3 amide bonds. The molecule has 1 aliphatic carbocycles. The fraction of sp³-hybridized carbons (Fsp3) is 0.300. The van der Waals surface area contributed by atoms with Gasteiger partial charge < -0.3 is 15.0 Å². The van der Waals surface area contributed by atoms with Gasteiger partial charge in [-0.25, -0.2) is 9.78 Å². The summed E-state index contributed by atoms with van der Waals surface area (Å²) in [4.78, 5) is 31.1. The van der Waals surface area contributed by atoms with Crippen LogP contribution in [-0.4, -0.2) is 54.2 Å². The standard InChI is InChI=1S/C20H19N5O3S/c21-12-13-2-1-3-15(10-13)22-19(27)24-20-23-16-5-4-14(11-17(16)29-20)18(26)25-6-8-28-9-7-25/h1-5,11,15H,6-10H2,(H2,22,23,24,27). The van der Waals surface area contributed by atoms with Crippen molar-refractivity contribution >= 4 is 38.6 Å². The van der Waals surface area contributed by atoms with Crippen molar-refractivity contribution in [2.45, 2.75) is 12.5 Å². The molecule has 1 aromatic heterocycles. The van der Waals surface area contributed by atoms with Gasteiger partial charge in [-0.15, -0.1) is 0 Å². The van der Waals surface area contributed by atoms with Crippen molar-refractivity contribution in [3.8, 4) is 6.07 Å². The van der Waals surface area contributed by atoms with E-state index in [9.17, 15) is 9.59 Å². The molecule has 0 bridgehead atoms. The van der Waals surface area contributed by atoms with Gasteiger partial charge in [-0.2, -0.15) is 5.26 Å². The number of carbonyl (C=O) groups is 2. The lowest BCUT2D eigenvalue weighted by molar-refractivity contribution is 0.0303. The maximum atomic E-state index is 12.6. The van der Waals surface area contributed by atoms with E-state index in [0.717, 1.165) is 10.2 Å². The third-order valence-electron chi connectivity index (χ3n) is 4.69. The molecule has 4 rings (SSSR count). The number of hydrogen-bond acceptors (Lipinski definition) is 6. The predicted molar refractivity (Wildman–Crippen MR) is 110 cm³/mol. The van der Waals surface area contributed by atoms with Crippen LogP contribution in [-0.2, 0) is 4.74 Å². The van der Waals surface area contributed by atoms with Crippen LogP contribution in [0.3, 0.4) is 0 Å². The van der Waals surface area contributed by atoms with Crippen LogP contribution in [0.1, 0.15) is 16.8 Å². The van der Waals surface area contributed by atoms with Crippen LogP contribution >= 0.6 is 11.3 Å². The topological polar surface area (TPSA) is 107 Å². The molecule has 2 heterocycles. The summed E-state index contributed by atoms with van der Waals surface area (Å²) in [6, 6.07) is 6.83. The van der Waals surface area contributed by atoms with Gasteiger partial charge in [-0.1, -0.05) is 23.5 Å². The molecule has 2 aliphatic rings. The number of fused-ring (bicyclic) bond motifs is 1. The SMILES string of the molecule is N#CC1=CC=CC(NC(=O)Nc2nc3ccc(C(=O)N4CCOCC4)cc3s2)C1. The minimum Gasteiger partial charge on any atom is -0.378 e. The number of nitrogens with one attached hydrogen (secondary N) is 2. The average Bonchev–Trinajstić information content (AvgIpc) is 3.15. The second kappa shape index (κ2) is 8.43. The number of aromatic nitrogens is 1. The number of rotatable bonds is 3. The third kappa shape index (κ3) is 4.45. The fourth-order valence-electron chi connectivity index (χ4n) is 3.22. The lowest BCUT2D eigenvalue weighted by Gasteiger charge is -2.26.